The van der Waals surface area contributed by atoms with Gasteiger partial charge in [0.25, 0.3) is 5.91 Å². The zero-order valence-electron chi connectivity index (χ0n) is 15.1. The Morgan fingerprint density at radius 3 is 2.76 bits per heavy atom. The van der Waals surface area contributed by atoms with E-state index in [2.05, 4.69) is 5.16 Å². The number of aryl methyl sites for hydroxylation is 1. The summed E-state index contributed by atoms with van der Waals surface area (Å²) in [4.78, 5) is 28.4. The van der Waals surface area contributed by atoms with E-state index in [0.29, 0.717) is 38.4 Å². The molecule has 3 rings (SSSR count). The Bertz CT molecular complexity index is 620. The lowest BCUT2D eigenvalue weighted by Gasteiger charge is -2.47. The predicted octanol–water partition coefficient (Wildman–Crippen LogP) is 1.73. The van der Waals surface area contributed by atoms with Gasteiger partial charge in [-0.1, -0.05) is 12.1 Å². The number of rotatable bonds is 5. The molecule has 0 unspecified atom stereocenters. The first kappa shape index (κ1) is 17.9. The Hall–Kier alpha value is -1.89. The smallest absolute Gasteiger partial charge is 0.292 e. The summed E-state index contributed by atoms with van der Waals surface area (Å²) in [5.41, 5.74) is 0.936. The molecular weight excluding hydrogens is 322 g/mol. The molecule has 2 aliphatic heterocycles. The van der Waals surface area contributed by atoms with E-state index in [1.165, 1.54) is 0 Å². The first-order chi connectivity index (χ1) is 12.1. The van der Waals surface area contributed by atoms with Gasteiger partial charge < -0.3 is 19.1 Å². The van der Waals surface area contributed by atoms with Crippen molar-refractivity contribution in [3.05, 3.63) is 17.5 Å². The van der Waals surface area contributed by atoms with Gasteiger partial charge in [-0.05, 0) is 31.1 Å². The Morgan fingerprint density at radius 2 is 2.12 bits per heavy atom. The van der Waals surface area contributed by atoms with Crippen molar-refractivity contribution in [1.29, 1.82) is 0 Å². The van der Waals surface area contributed by atoms with Crippen molar-refractivity contribution < 1.29 is 18.8 Å². The van der Waals surface area contributed by atoms with Crippen LogP contribution in [0.4, 0.5) is 0 Å². The molecular formula is C18H27N3O4. The van der Waals surface area contributed by atoms with E-state index >= 15 is 0 Å². The van der Waals surface area contributed by atoms with Crippen molar-refractivity contribution in [3.8, 4) is 0 Å². The molecule has 0 atom stereocenters. The molecule has 1 spiro atoms. The van der Waals surface area contributed by atoms with Crippen LogP contribution in [-0.2, 0) is 16.0 Å². The van der Waals surface area contributed by atoms with Crippen molar-refractivity contribution in [2.75, 3.05) is 39.9 Å². The van der Waals surface area contributed by atoms with Gasteiger partial charge in [0, 0.05) is 45.8 Å². The number of ether oxygens (including phenoxy) is 1. The third-order valence-electron chi connectivity index (χ3n) is 5.56. The zero-order chi connectivity index (χ0) is 17.9. The van der Waals surface area contributed by atoms with Crippen LogP contribution >= 0.6 is 0 Å². The molecule has 0 bridgehead atoms. The van der Waals surface area contributed by atoms with Crippen LogP contribution in [0, 0.1) is 5.41 Å². The number of carbonyl (C=O) groups excluding carboxylic acids is 2. The van der Waals surface area contributed by atoms with Crippen LogP contribution in [0.1, 0.15) is 48.9 Å². The molecule has 0 saturated carbocycles. The van der Waals surface area contributed by atoms with Crippen LogP contribution < -0.4 is 0 Å². The molecule has 0 radical (unpaired) electrons. The molecule has 3 heterocycles. The number of aromatic nitrogens is 1. The van der Waals surface area contributed by atoms with Crippen molar-refractivity contribution in [1.82, 2.24) is 15.0 Å². The second kappa shape index (κ2) is 7.56. The maximum atomic E-state index is 12.6. The van der Waals surface area contributed by atoms with Gasteiger partial charge in [-0.25, -0.2) is 0 Å². The summed E-state index contributed by atoms with van der Waals surface area (Å²) in [6, 6.07) is 1.73. The van der Waals surface area contributed by atoms with Crippen LogP contribution in [-0.4, -0.2) is 66.7 Å². The maximum absolute atomic E-state index is 12.6. The molecule has 2 saturated heterocycles. The second-order valence-corrected chi connectivity index (χ2v) is 7.14. The number of methoxy groups -OCH3 is 1. The van der Waals surface area contributed by atoms with Gasteiger partial charge in [-0.3, -0.25) is 9.59 Å². The third-order valence-corrected chi connectivity index (χ3v) is 5.56. The van der Waals surface area contributed by atoms with E-state index in [0.717, 1.165) is 37.9 Å². The molecule has 0 N–H and O–H groups in total. The lowest BCUT2D eigenvalue weighted by Crippen LogP contribution is -2.52. The molecule has 138 valence electrons. The minimum Gasteiger partial charge on any atom is -0.383 e. The fourth-order valence-electron chi connectivity index (χ4n) is 3.83. The number of likely N-dealkylation sites (tertiary alicyclic amines) is 2. The summed E-state index contributed by atoms with van der Waals surface area (Å²) in [5, 5.41) is 3.90. The summed E-state index contributed by atoms with van der Waals surface area (Å²) >= 11 is 0. The molecule has 7 heteroatoms. The van der Waals surface area contributed by atoms with E-state index < -0.39 is 0 Å². The van der Waals surface area contributed by atoms with Crippen LogP contribution in [0.25, 0.3) is 0 Å². The van der Waals surface area contributed by atoms with Gasteiger partial charge in [0.15, 0.2) is 0 Å². The van der Waals surface area contributed by atoms with Gasteiger partial charge in [0.1, 0.15) is 0 Å². The van der Waals surface area contributed by atoms with E-state index in [1.54, 1.807) is 13.2 Å². The zero-order valence-corrected chi connectivity index (χ0v) is 15.1. The molecule has 2 fully saturated rings. The second-order valence-electron chi connectivity index (χ2n) is 7.14. The van der Waals surface area contributed by atoms with Crippen LogP contribution in [0.3, 0.4) is 0 Å². The van der Waals surface area contributed by atoms with Crippen LogP contribution in [0.15, 0.2) is 10.6 Å². The minimum atomic E-state index is -0.0785. The number of amides is 2. The maximum Gasteiger partial charge on any atom is 0.292 e. The van der Waals surface area contributed by atoms with Crippen LogP contribution in [0.2, 0.25) is 0 Å². The number of piperidine rings is 2. The number of carbonyl (C=O) groups is 2. The van der Waals surface area contributed by atoms with Gasteiger partial charge in [-0.15, -0.1) is 0 Å². The fourth-order valence-corrected chi connectivity index (χ4v) is 3.83. The molecule has 0 aliphatic carbocycles. The summed E-state index contributed by atoms with van der Waals surface area (Å²) in [6.07, 6.45) is 4.11. The molecule has 2 aliphatic rings. The van der Waals surface area contributed by atoms with Crippen LogP contribution in [0.5, 0.6) is 0 Å². The highest BCUT2D eigenvalue weighted by molar-refractivity contribution is 5.91. The molecule has 0 aromatic carbocycles. The van der Waals surface area contributed by atoms with E-state index in [4.69, 9.17) is 9.26 Å². The largest absolute Gasteiger partial charge is 0.383 e. The number of hydrogen-bond acceptors (Lipinski definition) is 5. The first-order valence-electron chi connectivity index (χ1n) is 9.08. The molecule has 25 heavy (non-hydrogen) atoms. The lowest BCUT2D eigenvalue weighted by atomic mass is 9.72. The van der Waals surface area contributed by atoms with Gasteiger partial charge >= 0.3 is 0 Å². The third kappa shape index (κ3) is 3.86. The summed E-state index contributed by atoms with van der Waals surface area (Å²) in [5.74, 6) is 0.466. The van der Waals surface area contributed by atoms with Gasteiger partial charge in [0.05, 0.1) is 12.3 Å². The number of hydrogen-bond donors (Lipinski definition) is 0. The molecule has 1 aromatic heterocycles. The fraction of sp³-hybridized carbons (Fsp3) is 0.722. The topological polar surface area (TPSA) is 75.9 Å². The van der Waals surface area contributed by atoms with E-state index in [9.17, 15) is 9.59 Å². The standard InChI is InChI=1S/C18H27N3O4/c1-3-14-12-15(25-19-14)17(23)20-8-6-18(7-9-20)5-4-16(22)21(13-18)10-11-24-2/h12H,3-11,13H2,1-2H3. The van der Waals surface area contributed by atoms with Gasteiger partial charge in [0.2, 0.25) is 11.7 Å². The monoisotopic (exact) mass is 349 g/mol. The van der Waals surface area contributed by atoms with E-state index in [-0.39, 0.29) is 17.2 Å². The Balaban J connectivity index is 1.59. The summed E-state index contributed by atoms with van der Waals surface area (Å²) in [7, 11) is 1.65. The minimum absolute atomic E-state index is 0.0785. The quantitative estimate of drug-likeness (QED) is 0.809. The Morgan fingerprint density at radius 1 is 1.36 bits per heavy atom. The van der Waals surface area contributed by atoms with E-state index in [1.807, 2.05) is 16.7 Å². The average molecular weight is 349 g/mol. The predicted molar refractivity (Wildman–Crippen MR) is 91.1 cm³/mol. The summed E-state index contributed by atoms with van der Waals surface area (Å²) in [6.45, 7) is 5.38. The first-order valence-corrected chi connectivity index (χ1v) is 9.08. The van der Waals surface area contributed by atoms with Gasteiger partial charge in [-0.2, -0.15) is 0 Å². The Kier molecular flexibility index (Phi) is 5.42. The van der Waals surface area contributed by atoms with Crippen molar-refractivity contribution in [3.63, 3.8) is 0 Å². The highest BCUT2D eigenvalue weighted by atomic mass is 16.5. The molecule has 7 nitrogen and oxygen atoms in total. The molecule has 1 aromatic rings. The molecule has 2 amide bonds. The van der Waals surface area contributed by atoms with Crippen molar-refractivity contribution >= 4 is 11.8 Å². The highest BCUT2D eigenvalue weighted by Gasteiger charge is 2.42. The SMILES string of the molecule is CCc1cc(C(=O)N2CCC3(CCC(=O)N(CCOC)C3)CC2)on1. The highest BCUT2D eigenvalue weighted by Crippen LogP contribution is 2.40. The van der Waals surface area contributed by atoms with Crippen molar-refractivity contribution in [2.24, 2.45) is 5.41 Å². The lowest BCUT2D eigenvalue weighted by molar-refractivity contribution is -0.139. The summed E-state index contributed by atoms with van der Waals surface area (Å²) < 4.78 is 10.3. The number of nitrogens with zero attached hydrogens (tertiary/aromatic N) is 3. The normalized spacial score (nSPS) is 20.3. The van der Waals surface area contributed by atoms with Crippen molar-refractivity contribution in [2.45, 2.75) is 39.0 Å². The Labute approximate surface area is 148 Å². The average Bonchev–Trinajstić information content (AvgIpc) is 3.12.